The fourth-order valence-electron chi connectivity index (χ4n) is 1.91. The number of hydrogen-bond donors (Lipinski definition) is 1. The van der Waals surface area contributed by atoms with Crippen LogP contribution >= 0.6 is 0 Å². The van der Waals surface area contributed by atoms with Crippen LogP contribution < -0.4 is 5.32 Å². The number of hydrogen-bond acceptors (Lipinski definition) is 1. The van der Waals surface area contributed by atoms with Crippen molar-refractivity contribution < 1.29 is 0 Å². The summed E-state index contributed by atoms with van der Waals surface area (Å²) in [5.74, 6) is 0.733. The smallest absolute Gasteiger partial charge is 0.000560 e. The van der Waals surface area contributed by atoms with E-state index < -0.39 is 0 Å². The molecule has 1 heteroatoms. The third kappa shape index (κ3) is 12.2. The Kier molecular flexibility index (Phi) is 9.08. The molecule has 1 nitrogen and oxygen atoms in total. The van der Waals surface area contributed by atoms with E-state index in [2.05, 4.69) is 65.9 Å². The Morgan fingerprint density at radius 2 is 1.74 bits per heavy atom. The van der Waals surface area contributed by atoms with Gasteiger partial charge in [-0.15, -0.1) is 0 Å². The van der Waals surface area contributed by atoms with Gasteiger partial charge >= 0.3 is 0 Å². The quantitative estimate of drug-likeness (QED) is 0.555. The van der Waals surface area contributed by atoms with Crippen molar-refractivity contribution in [3.8, 4) is 0 Å². The predicted molar refractivity (Wildman–Crippen MR) is 88.5 cm³/mol. The maximum absolute atomic E-state index is 3.57. The van der Waals surface area contributed by atoms with E-state index in [4.69, 9.17) is 0 Å². The normalized spacial score (nSPS) is 12.9. The van der Waals surface area contributed by atoms with Crippen molar-refractivity contribution in [3.05, 3.63) is 23.3 Å². The minimum absolute atomic E-state index is 0.354. The summed E-state index contributed by atoms with van der Waals surface area (Å²) in [6.45, 7) is 18.0. The molecular weight excluding hydrogens is 230 g/mol. The lowest BCUT2D eigenvalue weighted by molar-refractivity contribution is 0.335. The molecule has 0 rings (SSSR count). The van der Waals surface area contributed by atoms with Gasteiger partial charge in [0.1, 0.15) is 0 Å². The molecule has 0 heterocycles. The van der Waals surface area contributed by atoms with Crippen LogP contribution in [0.4, 0.5) is 0 Å². The first-order valence-electron chi connectivity index (χ1n) is 7.72. The second kappa shape index (κ2) is 9.36. The zero-order valence-electron chi connectivity index (χ0n) is 14.3. The molecule has 0 spiro atoms. The maximum Gasteiger partial charge on any atom is 0.000560 e. The third-order valence-electron chi connectivity index (χ3n) is 3.25. The number of nitrogens with one attached hydrogen (secondary N) is 1. The molecule has 0 unspecified atom stereocenters. The van der Waals surface area contributed by atoms with Crippen molar-refractivity contribution in [2.75, 3.05) is 13.1 Å². The summed E-state index contributed by atoms with van der Waals surface area (Å²) in [6, 6.07) is 0. The van der Waals surface area contributed by atoms with E-state index in [1.165, 1.54) is 30.4 Å². The Balaban J connectivity index is 4.01. The van der Waals surface area contributed by atoms with Crippen LogP contribution in [0.25, 0.3) is 0 Å². The van der Waals surface area contributed by atoms with Gasteiger partial charge in [0, 0.05) is 6.54 Å². The number of allylic oxidation sites excluding steroid dienone is 4. The molecule has 0 amide bonds. The van der Waals surface area contributed by atoms with Crippen LogP contribution in [0, 0.1) is 11.3 Å². The Labute approximate surface area is 121 Å². The maximum atomic E-state index is 3.57. The van der Waals surface area contributed by atoms with Gasteiger partial charge in [-0.05, 0) is 57.9 Å². The lowest BCUT2D eigenvalue weighted by Crippen LogP contribution is -2.31. The molecule has 0 atom stereocenters. The minimum Gasteiger partial charge on any atom is -0.316 e. The van der Waals surface area contributed by atoms with Gasteiger partial charge in [-0.25, -0.2) is 0 Å². The zero-order valence-corrected chi connectivity index (χ0v) is 14.3. The van der Waals surface area contributed by atoms with Crippen LogP contribution in [0.2, 0.25) is 0 Å². The van der Waals surface area contributed by atoms with Crippen LogP contribution in [0.3, 0.4) is 0 Å². The second-order valence-corrected chi connectivity index (χ2v) is 7.26. The Hall–Kier alpha value is -0.560. The fourth-order valence-corrected chi connectivity index (χ4v) is 1.91. The molecule has 0 bridgehead atoms. The van der Waals surface area contributed by atoms with Crippen molar-refractivity contribution in [1.82, 2.24) is 5.32 Å². The van der Waals surface area contributed by atoms with E-state index >= 15 is 0 Å². The van der Waals surface area contributed by atoms with Crippen molar-refractivity contribution in [3.63, 3.8) is 0 Å². The second-order valence-electron chi connectivity index (χ2n) is 7.26. The Morgan fingerprint density at radius 3 is 2.26 bits per heavy atom. The standard InChI is InChI=1S/C18H35N/c1-15(2)9-8-10-17(5)11-12-18(6,7)14-19-13-16(3)4/h9,11,16,19H,8,10,12-14H2,1-7H3/b17-11+. The third-order valence-corrected chi connectivity index (χ3v) is 3.25. The van der Waals surface area contributed by atoms with Crippen LogP contribution in [0.1, 0.15) is 67.7 Å². The Morgan fingerprint density at radius 1 is 1.11 bits per heavy atom. The molecule has 0 saturated carbocycles. The molecule has 0 aromatic carbocycles. The van der Waals surface area contributed by atoms with Crippen molar-refractivity contribution in [1.29, 1.82) is 0 Å². The molecule has 0 saturated heterocycles. The first kappa shape index (κ1) is 18.4. The topological polar surface area (TPSA) is 12.0 Å². The van der Waals surface area contributed by atoms with Gasteiger partial charge in [-0.3, -0.25) is 0 Å². The van der Waals surface area contributed by atoms with Crippen LogP contribution in [0.15, 0.2) is 23.3 Å². The molecule has 0 aliphatic carbocycles. The highest BCUT2D eigenvalue weighted by molar-refractivity contribution is 5.03. The van der Waals surface area contributed by atoms with Crippen LogP contribution in [-0.4, -0.2) is 13.1 Å². The van der Waals surface area contributed by atoms with E-state index in [9.17, 15) is 0 Å². The highest BCUT2D eigenvalue weighted by Crippen LogP contribution is 2.21. The van der Waals surface area contributed by atoms with Gasteiger partial charge in [-0.1, -0.05) is 51.0 Å². The summed E-state index contributed by atoms with van der Waals surface area (Å²) in [7, 11) is 0. The van der Waals surface area contributed by atoms with Gasteiger partial charge < -0.3 is 5.32 Å². The van der Waals surface area contributed by atoms with Crippen LogP contribution in [0.5, 0.6) is 0 Å². The number of rotatable bonds is 9. The van der Waals surface area contributed by atoms with E-state index in [1.807, 2.05) is 0 Å². The molecule has 0 radical (unpaired) electrons. The largest absolute Gasteiger partial charge is 0.316 e. The molecule has 1 N–H and O–H groups in total. The van der Waals surface area contributed by atoms with Gasteiger partial charge in [0.25, 0.3) is 0 Å². The van der Waals surface area contributed by atoms with E-state index in [0.29, 0.717) is 5.41 Å². The fraction of sp³-hybridized carbons (Fsp3) is 0.778. The summed E-state index contributed by atoms with van der Waals surface area (Å²) in [6.07, 6.45) is 8.29. The summed E-state index contributed by atoms with van der Waals surface area (Å²) in [5.41, 5.74) is 3.30. The lowest BCUT2D eigenvalue weighted by Gasteiger charge is -2.24. The summed E-state index contributed by atoms with van der Waals surface area (Å²) in [4.78, 5) is 0. The molecule has 0 aromatic heterocycles. The lowest BCUT2D eigenvalue weighted by atomic mass is 9.88. The molecular formula is C18H35N. The van der Waals surface area contributed by atoms with E-state index in [-0.39, 0.29) is 0 Å². The zero-order chi connectivity index (χ0) is 14.9. The summed E-state index contributed by atoms with van der Waals surface area (Å²) in [5, 5.41) is 3.57. The molecule has 0 aliphatic heterocycles. The molecule has 19 heavy (non-hydrogen) atoms. The average Bonchev–Trinajstić information content (AvgIpc) is 2.25. The predicted octanol–water partition coefficient (Wildman–Crippen LogP) is 5.34. The van der Waals surface area contributed by atoms with Crippen molar-refractivity contribution in [2.45, 2.75) is 67.7 Å². The molecule has 112 valence electrons. The van der Waals surface area contributed by atoms with Gasteiger partial charge in [0.15, 0.2) is 0 Å². The highest BCUT2D eigenvalue weighted by atomic mass is 14.9. The monoisotopic (exact) mass is 265 g/mol. The van der Waals surface area contributed by atoms with E-state index in [1.54, 1.807) is 0 Å². The average molecular weight is 265 g/mol. The van der Waals surface area contributed by atoms with Crippen molar-refractivity contribution in [2.24, 2.45) is 11.3 Å². The van der Waals surface area contributed by atoms with Gasteiger partial charge in [0.2, 0.25) is 0 Å². The first-order chi connectivity index (χ1) is 8.73. The molecule has 0 fully saturated rings. The van der Waals surface area contributed by atoms with Gasteiger partial charge in [0.05, 0.1) is 0 Å². The summed E-state index contributed by atoms with van der Waals surface area (Å²) >= 11 is 0. The molecule has 0 aromatic rings. The Bertz CT molecular complexity index is 291. The summed E-state index contributed by atoms with van der Waals surface area (Å²) < 4.78 is 0. The SMILES string of the molecule is CC(C)=CCC/C(C)=C/CC(C)(C)CNCC(C)C. The van der Waals surface area contributed by atoms with E-state index in [0.717, 1.165) is 19.0 Å². The van der Waals surface area contributed by atoms with Crippen LogP contribution in [-0.2, 0) is 0 Å². The van der Waals surface area contributed by atoms with Crippen molar-refractivity contribution >= 4 is 0 Å². The molecule has 0 aliphatic rings. The minimum atomic E-state index is 0.354. The van der Waals surface area contributed by atoms with Gasteiger partial charge in [-0.2, -0.15) is 0 Å². The first-order valence-corrected chi connectivity index (χ1v) is 7.72. The highest BCUT2D eigenvalue weighted by Gasteiger charge is 2.15.